The normalized spacial score (nSPS) is 17.3. The van der Waals surface area contributed by atoms with Gasteiger partial charge >= 0.3 is 0 Å². The van der Waals surface area contributed by atoms with E-state index in [0.29, 0.717) is 12.6 Å². The fourth-order valence-corrected chi connectivity index (χ4v) is 2.22. The summed E-state index contributed by atoms with van der Waals surface area (Å²) in [6.07, 6.45) is 4.14. The van der Waals surface area contributed by atoms with Crippen LogP contribution in [0.4, 0.5) is 5.82 Å². The second kappa shape index (κ2) is 4.00. The first-order chi connectivity index (χ1) is 8.28. The van der Waals surface area contributed by atoms with Gasteiger partial charge in [-0.1, -0.05) is 0 Å². The van der Waals surface area contributed by atoms with Gasteiger partial charge in [0.05, 0.1) is 0 Å². The van der Waals surface area contributed by atoms with E-state index in [1.807, 2.05) is 10.6 Å². The molecule has 1 fully saturated rings. The molecular weight excluding hydrogens is 214 g/mol. The number of nitrogens with two attached hydrogens (primary N) is 1. The Morgan fingerprint density at radius 3 is 3.06 bits per heavy atom. The van der Waals surface area contributed by atoms with Gasteiger partial charge in [0.2, 0.25) is 0 Å². The van der Waals surface area contributed by atoms with Crippen molar-refractivity contribution in [2.45, 2.75) is 25.8 Å². The highest BCUT2D eigenvalue weighted by atomic mass is 15.3. The lowest BCUT2D eigenvalue weighted by molar-refractivity contribution is 0.639. The molecule has 0 aliphatic heterocycles. The maximum absolute atomic E-state index is 5.81. The Labute approximate surface area is 100 Å². The Hall–Kier alpha value is -1.62. The third-order valence-electron chi connectivity index (χ3n) is 3.30. The van der Waals surface area contributed by atoms with Crippen molar-refractivity contribution in [2.75, 3.05) is 11.9 Å². The van der Waals surface area contributed by atoms with Crippen molar-refractivity contribution in [3.63, 3.8) is 0 Å². The number of pyridine rings is 1. The molecule has 1 unspecified atom stereocenters. The molecule has 1 atom stereocenters. The highest BCUT2D eigenvalue weighted by molar-refractivity contribution is 5.51. The zero-order valence-electron chi connectivity index (χ0n) is 9.93. The number of nitrogens with one attached hydrogen (secondary N) is 1. The van der Waals surface area contributed by atoms with Crippen molar-refractivity contribution in [1.82, 2.24) is 14.6 Å². The van der Waals surface area contributed by atoms with Gasteiger partial charge in [0.1, 0.15) is 12.1 Å². The highest BCUT2D eigenvalue weighted by Gasteiger charge is 2.30. The molecule has 3 N–H and O–H groups in total. The molecule has 17 heavy (non-hydrogen) atoms. The molecule has 1 aliphatic rings. The van der Waals surface area contributed by atoms with Gasteiger partial charge in [0, 0.05) is 12.6 Å². The van der Waals surface area contributed by atoms with Crippen molar-refractivity contribution >= 4 is 11.5 Å². The molecule has 1 saturated carbocycles. The van der Waals surface area contributed by atoms with Gasteiger partial charge in [-0.3, -0.25) is 0 Å². The van der Waals surface area contributed by atoms with Crippen LogP contribution in [0.2, 0.25) is 0 Å². The summed E-state index contributed by atoms with van der Waals surface area (Å²) < 4.78 is 1.83. The number of aromatic nitrogens is 3. The fraction of sp³-hybridized carbons (Fsp3) is 0.500. The van der Waals surface area contributed by atoms with E-state index < -0.39 is 0 Å². The van der Waals surface area contributed by atoms with Crippen molar-refractivity contribution in [3.05, 3.63) is 24.0 Å². The summed E-state index contributed by atoms with van der Waals surface area (Å²) in [7, 11) is 0. The zero-order chi connectivity index (χ0) is 11.8. The van der Waals surface area contributed by atoms with Gasteiger partial charge in [0.15, 0.2) is 5.65 Å². The number of nitrogens with zero attached hydrogens (tertiary/aromatic N) is 3. The molecule has 0 saturated heterocycles. The highest BCUT2D eigenvalue weighted by Crippen LogP contribution is 2.33. The first-order valence-corrected chi connectivity index (χ1v) is 6.05. The quantitative estimate of drug-likeness (QED) is 0.829. The molecule has 5 nitrogen and oxygen atoms in total. The van der Waals surface area contributed by atoms with Gasteiger partial charge in [-0.25, -0.2) is 4.98 Å². The Kier molecular flexibility index (Phi) is 2.48. The lowest BCUT2D eigenvalue weighted by atomic mass is 10.2. The van der Waals surface area contributed by atoms with Crippen LogP contribution in [0.25, 0.3) is 5.65 Å². The van der Waals surface area contributed by atoms with Crippen LogP contribution in [0.1, 0.15) is 18.4 Å². The Bertz CT molecular complexity index is 529. The molecule has 5 heteroatoms. The molecule has 0 amide bonds. The number of hydrogen-bond donors (Lipinski definition) is 2. The predicted molar refractivity (Wildman–Crippen MR) is 66.9 cm³/mol. The third kappa shape index (κ3) is 1.98. The van der Waals surface area contributed by atoms with E-state index in [9.17, 15) is 0 Å². The molecule has 0 spiro atoms. The van der Waals surface area contributed by atoms with Crippen molar-refractivity contribution in [3.8, 4) is 0 Å². The van der Waals surface area contributed by atoms with Crippen LogP contribution in [-0.4, -0.2) is 27.2 Å². The second-order valence-electron chi connectivity index (χ2n) is 4.77. The number of fused-ring (bicyclic) bond motifs is 1. The minimum Gasteiger partial charge on any atom is -0.366 e. The molecular formula is C12H17N5. The monoisotopic (exact) mass is 231 g/mol. The average molecular weight is 231 g/mol. The summed E-state index contributed by atoms with van der Waals surface area (Å²) in [6, 6.07) is 4.46. The topological polar surface area (TPSA) is 68.2 Å². The van der Waals surface area contributed by atoms with Gasteiger partial charge in [-0.15, -0.1) is 0 Å². The van der Waals surface area contributed by atoms with E-state index in [0.717, 1.165) is 17.4 Å². The first-order valence-electron chi connectivity index (χ1n) is 6.05. The lowest BCUT2D eigenvalue weighted by Gasteiger charge is -2.18. The minimum atomic E-state index is 0.351. The van der Waals surface area contributed by atoms with Gasteiger partial charge < -0.3 is 11.1 Å². The summed E-state index contributed by atoms with van der Waals surface area (Å²) in [5.74, 6) is 1.71. The van der Waals surface area contributed by atoms with Crippen molar-refractivity contribution in [1.29, 1.82) is 0 Å². The molecule has 3 rings (SSSR count). The van der Waals surface area contributed by atoms with Crippen LogP contribution in [0.5, 0.6) is 0 Å². The van der Waals surface area contributed by atoms with Crippen LogP contribution >= 0.6 is 0 Å². The largest absolute Gasteiger partial charge is 0.366 e. The summed E-state index contributed by atoms with van der Waals surface area (Å²) in [4.78, 5) is 4.21. The van der Waals surface area contributed by atoms with E-state index in [2.05, 4.69) is 28.4 Å². The fourth-order valence-electron chi connectivity index (χ4n) is 2.22. The second-order valence-corrected chi connectivity index (χ2v) is 4.77. The molecule has 0 aromatic carbocycles. The predicted octanol–water partition coefficient (Wildman–Crippen LogP) is 1.19. The average Bonchev–Trinajstić information content (AvgIpc) is 3.04. The third-order valence-corrected chi connectivity index (χ3v) is 3.30. The molecule has 1 aliphatic carbocycles. The summed E-state index contributed by atoms with van der Waals surface area (Å²) in [6.45, 7) is 2.73. The van der Waals surface area contributed by atoms with Gasteiger partial charge in [0.25, 0.3) is 0 Å². The first kappa shape index (κ1) is 10.5. The Morgan fingerprint density at radius 1 is 1.53 bits per heavy atom. The Morgan fingerprint density at radius 2 is 2.35 bits per heavy atom. The maximum atomic E-state index is 5.81. The van der Waals surface area contributed by atoms with E-state index in [1.165, 1.54) is 18.4 Å². The molecule has 2 heterocycles. The van der Waals surface area contributed by atoms with Crippen LogP contribution < -0.4 is 11.1 Å². The van der Waals surface area contributed by atoms with Gasteiger partial charge in [-0.05, 0) is 43.4 Å². The SMILES string of the molecule is Cc1cc(NC(CN)C2CC2)n2ncnc2c1. The summed E-state index contributed by atoms with van der Waals surface area (Å²) in [5, 5.41) is 7.73. The van der Waals surface area contributed by atoms with E-state index in [4.69, 9.17) is 5.73 Å². The molecule has 0 bridgehead atoms. The smallest absolute Gasteiger partial charge is 0.157 e. The van der Waals surface area contributed by atoms with Crippen molar-refractivity contribution < 1.29 is 0 Å². The number of hydrogen-bond acceptors (Lipinski definition) is 4. The molecule has 0 radical (unpaired) electrons. The molecule has 2 aromatic rings. The summed E-state index contributed by atoms with van der Waals surface area (Å²) >= 11 is 0. The number of rotatable bonds is 4. The lowest BCUT2D eigenvalue weighted by Crippen LogP contribution is -2.31. The minimum absolute atomic E-state index is 0.351. The number of anilines is 1. The van der Waals surface area contributed by atoms with E-state index in [1.54, 1.807) is 6.33 Å². The Balaban J connectivity index is 1.95. The van der Waals surface area contributed by atoms with Crippen LogP contribution in [0, 0.1) is 12.8 Å². The van der Waals surface area contributed by atoms with E-state index >= 15 is 0 Å². The standard InChI is InChI=1S/C12H17N5/c1-8-4-11-14-7-15-17(11)12(5-8)16-10(6-13)9-2-3-9/h4-5,7,9-10,16H,2-3,6,13H2,1H3. The van der Waals surface area contributed by atoms with Crippen LogP contribution in [0.15, 0.2) is 18.5 Å². The van der Waals surface area contributed by atoms with Crippen molar-refractivity contribution in [2.24, 2.45) is 11.7 Å². The molecule has 90 valence electrons. The maximum Gasteiger partial charge on any atom is 0.157 e. The number of aryl methyl sites for hydroxylation is 1. The van der Waals surface area contributed by atoms with Crippen LogP contribution in [-0.2, 0) is 0 Å². The van der Waals surface area contributed by atoms with E-state index in [-0.39, 0.29) is 0 Å². The van der Waals surface area contributed by atoms with Crippen LogP contribution in [0.3, 0.4) is 0 Å². The summed E-state index contributed by atoms with van der Waals surface area (Å²) in [5.41, 5.74) is 7.87. The molecule has 2 aromatic heterocycles. The van der Waals surface area contributed by atoms with Gasteiger partial charge in [-0.2, -0.15) is 9.61 Å². The zero-order valence-corrected chi connectivity index (χ0v) is 9.93.